The van der Waals surface area contributed by atoms with Crippen molar-refractivity contribution >= 4 is 5.91 Å². The molecule has 114 valence electrons. The van der Waals surface area contributed by atoms with Gasteiger partial charge in [0.15, 0.2) is 11.5 Å². The average Bonchev–Trinajstić information content (AvgIpc) is 2.53. The van der Waals surface area contributed by atoms with Crippen molar-refractivity contribution < 1.29 is 18.7 Å². The molecule has 1 amide bonds. The zero-order valence-electron chi connectivity index (χ0n) is 12.2. The Morgan fingerprint density at radius 2 is 2.05 bits per heavy atom. The molecule has 2 rings (SSSR count). The van der Waals surface area contributed by atoms with Gasteiger partial charge in [0.05, 0.1) is 19.8 Å². The average molecular weight is 294 g/mol. The number of amides is 1. The second kappa shape index (κ2) is 7.08. The molecule has 0 aliphatic carbocycles. The summed E-state index contributed by atoms with van der Waals surface area (Å²) in [7, 11) is 2.86. The maximum Gasteiger partial charge on any atom is 0.254 e. The second-order valence-corrected chi connectivity index (χ2v) is 4.69. The van der Waals surface area contributed by atoms with E-state index < -0.39 is 11.7 Å². The normalized spacial score (nSPS) is 14.3. The van der Waals surface area contributed by atoms with Crippen molar-refractivity contribution in [2.24, 2.45) is 0 Å². The standard InChI is InChI=1S/C15H19FN2O3/c1-20-13-7-11(12(16)8-14(13)21-2)15(19)18-9-10-3-5-17-6-4-10/h3,7-8,17H,4-6,9H2,1-2H3,(H,18,19). The van der Waals surface area contributed by atoms with E-state index in [1.807, 2.05) is 6.08 Å². The SMILES string of the molecule is COc1cc(F)c(C(=O)NCC2=CCNCC2)cc1OC. The molecule has 0 fully saturated rings. The fourth-order valence-electron chi connectivity index (χ4n) is 2.15. The molecular formula is C15H19FN2O3. The van der Waals surface area contributed by atoms with E-state index >= 15 is 0 Å². The summed E-state index contributed by atoms with van der Waals surface area (Å²) in [4.78, 5) is 12.1. The Bertz CT molecular complexity index is 558. The molecule has 0 saturated carbocycles. The summed E-state index contributed by atoms with van der Waals surface area (Å²) in [5, 5.41) is 5.92. The van der Waals surface area contributed by atoms with Crippen molar-refractivity contribution in [2.75, 3.05) is 33.9 Å². The van der Waals surface area contributed by atoms with Gasteiger partial charge in [0.25, 0.3) is 5.91 Å². The van der Waals surface area contributed by atoms with Crippen LogP contribution >= 0.6 is 0 Å². The van der Waals surface area contributed by atoms with Gasteiger partial charge in [0, 0.05) is 19.2 Å². The van der Waals surface area contributed by atoms with Crippen LogP contribution in [0, 0.1) is 5.82 Å². The topological polar surface area (TPSA) is 59.6 Å². The minimum absolute atomic E-state index is 0.0535. The van der Waals surface area contributed by atoms with Crippen LogP contribution in [0.3, 0.4) is 0 Å². The maximum atomic E-state index is 13.9. The van der Waals surface area contributed by atoms with Crippen LogP contribution in [0.1, 0.15) is 16.8 Å². The quantitative estimate of drug-likeness (QED) is 0.808. The highest BCUT2D eigenvalue weighted by molar-refractivity contribution is 5.95. The molecule has 21 heavy (non-hydrogen) atoms. The smallest absolute Gasteiger partial charge is 0.254 e. The van der Waals surface area contributed by atoms with Gasteiger partial charge in [-0.05, 0) is 19.0 Å². The number of carbonyl (C=O) groups is 1. The number of nitrogens with one attached hydrogen (secondary N) is 2. The lowest BCUT2D eigenvalue weighted by atomic mass is 10.1. The third-order valence-electron chi connectivity index (χ3n) is 3.35. The molecule has 2 N–H and O–H groups in total. The zero-order chi connectivity index (χ0) is 15.2. The van der Waals surface area contributed by atoms with E-state index in [9.17, 15) is 9.18 Å². The van der Waals surface area contributed by atoms with Crippen molar-refractivity contribution in [3.8, 4) is 11.5 Å². The van der Waals surface area contributed by atoms with Gasteiger partial charge in [-0.3, -0.25) is 4.79 Å². The summed E-state index contributed by atoms with van der Waals surface area (Å²) in [5.41, 5.74) is 1.09. The van der Waals surface area contributed by atoms with Gasteiger partial charge in [-0.1, -0.05) is 11.6 Å². The number of ether oxygens (including phenoxy) is 2. The molecule has 1 aliphatic rings. The van der Waals surface area contributed by atoms with Gasteiger partial charge in [0.1, 0.15) is 5.82 Å². The monoisotopic (exact) mass is 294 g/mol. The van der Waals surface area contributed by atoms with E-state index in [2.05, 4.69) is 10.6 Å². The number of halogens is 1. The molecule has 1 aromatic carbocycles. The molecule has 0 unspecified atom stereocenters. The lowest BCUT2D eigenvalue weighted by molar-refractivity contribution is 0.0952. The summed E-state index contributed by atoms with van der Waals surface area (Å²) in [5.74, 6) is -0.518. The van der Waals surface area contributed by atoms with Gasteiger partial charge < -0.3 is 20.1 Å². The van der Waals surface area contributed by atoms with Crippen molar-refractivity contribution in [1.82, 2.24) is 10.6 Å². The molecule has 0 saturated heterocycles. The third kappa shape index (κ3) is 3.72. The van der Waals surface area contributed by atoms with Gasteiger partial charge in [0.2, 0.25) is 0 Å². The van der Waals surface area contributed by atoms with Crippen LogP contribution in [-0.4, -0.2) is 39.8 Å². The first-order chi connectivity index (χ1) is 10.2. The molecule has 1 aliphatic heterocycles. The maximum absolute atomic E-state index is 13.9. The predicted molar refractivity (Wildman–Crippen MR) is 77.4 cm³/mol. The van der Waals surface area contributed by atoms with Crippen LogP contribution in [-0.2, 0) is 0 Å². The van der Waals surface area contributed by atoms with Crippen molar-refractivity contribution in [3.05, 3.63) is 35.2 Å². The van der Waals surface area contributed by atoms with Gasteiger partial charge in [-0.15, -0.1) is 0 Å². The fourth-order valence-corrected chi connectivity index (χ4v) is 2.15. The first kappa shape index (κ1) is 15.3. The molecule has 6 heteroatoms. The molecule has 1 heterocycles. The molecule has 0 atom stereocenters. The van der Waals surface area contributed by atoms with E-state index in [0.29, 0.717) is 12.3 Å². The van der Waals surface area contributed by atoms with Crippen LogP contribution in [0.25, 0.3) is 0 Å². The highest BCUT2D eigenvalue weighted by atomic mass is 19.1. The Labute approximate surface area is 123 Å². The van der Waals surface area contributed by atoms with E-state index in [1.54, 1.807) is 0 Å². The summed E-state index contributed by atoms with van der Waals surface area (Å²) in [6, 6.07) is 2.50. The Hall–Kier alpha value is -2.08. The number of rotatable bonds is 5. The Morgan fingerprint density at radius 3 is 2.67 bits per heavy atom. The first-order valence-electron chi connectivity index (χ1n) is 6.74. The highest BCUT2D eigenvalue weighted by Gasteiger charge is 2.17. The van der Waals surface area contributed by atoms with Crippen molar-refractivity contribution in [1.29, 1.82) is 0 Å². The lowest BCUT2D eigenvalue weighted by Crippen LogP contribution is -2.30. The van der Waals surface area contributed by atoms with Crippen molar-refractivity contribution in [2.45, 2.75) is 6.42 Å². The molecule has 0 spiro atoms. The summed E-state index contributed by atoms with van der Waals surface area (Å²) in [6.45, 7) is 2.12. The number of hydrogen-bond acceptors (Lipinski definition) is 4. The molecule has 0 bridgehead atoms. The largest absolute Gasteiger partial charge is 0.493 e. The van der Waals surface area contributed by atoms with Crippen LogP contribution < -0.4 is 20.1 Å². The minimum atomic E-state index is -0.635. The second-order valence-electron chi connectivity index (χ2n) is 4.69. The Kier molecular flexibility index (Phi) is 5.16. The van der Waals surface area contributed by atoms with Crippen LogP contribution in [0.4, 0.5) is 4.39 Å². The van der Waals surface area contributed by atoms with E-state index in [1.165, 1.54) is 20.3 Å². The predicted octanol–water partition coefficient (Wildman–Crippen LogP) is 1.49. The van der Waals surface area contributed by atoms with E-state index in [0.717, 1.165) is 31.1 Å². The van der Waals surface area contributed by atoms with E-state index in [4.69, 9.17) is 9.47 Å². The van der Waals surface area contributed by atoms with Gasteiger partial charge in [-0.25, -0.2) is 4.39 Å². The highest BCUT2D eigenvalue weighted by Crippen LogP contribution is 2.29. The summed E-state index contributed by atoms with van der Waals surface area (Å²) < 4.78 is 24.0. The zero-order valence-corrected chi connectivity index (χ0v) is 12.2. The van der Waals surface area contributed by atoms with Gasteiger partial charge in [-0.2, -0.15) is 0 Å². The molecule has 5 nitrogen and oxygen atoms in total. The third-order valence-corrected chi connectivity index (χ3v) is 3.35. The Morgan fingerprint density at radius 1 is 1.33 bits per heavy atom. The molecule has 1 aromatic rings. The van der Waals surface area contributed by atoms with Crippen LogP contribution in [0.2, 0.25) is 0 Å². The van der Waals surface area contributed by atoms with Gasteiger partial charge >= 0.3 is 0 Å². The van der Waals surface area contributed by atoms with Crippen molar-refractivity contribution in [3.63, 3.8) is 0 Å². The number of benzene rings is 1. The number of methoxy groups -OCH3 is 2. The van der Waals surface area contributed by atoms with Crippen LogP contribution in [0.5, 0.6) is 11.5 Å². The lowest BCUT2D eigenvalue weighted by Gasteiger charge is -2.15. The molecule has 0 radical (unpaired) electrons. The number of hydrogen-bond donors (Lipinski definition) is 2. The number of carbonyl (C=O) groups excluding carboxylic acids is 1. The fraction of sp³-hybridized carbons (Fsp3) is 0.400. The molecule has 0 aromatic heterocycles. The van der Waals surface area contributed by atoms with Crippen LogP contribution in [0.15, 0.2) is 23.8 Å². The van der Waals surface area contributed by atoms with E-state index in [-0.39, 0.29) is 11.3 Å². The summed E-state index contributed by atoms with van der Waals surface area (Å²) >= 11 is 0. The Balaban J connectivity index is 2.09. The molecular weight excluding hydrogens is 275 g/mol. The summed E-state index contributed by atoms with van der Waals surface area (Å²) in [6.07, 6.45) is 2.92. The first-order valence-corrected chi connectivity index (χ1v) is 6.74. The minimum Gasteiger partial charge on any atom is -0.493 e.